The van der Waals surface area contributed by atoms with E-state index in [1.807, 2.05) is 18.2 Å². The van der Waals surface area contributed by atoms with E-state index in [-0.39, 0.29) is 0 Å². The Labute approximate surface area is 109 Å². The van der Waals surface area contributed by atoms with Crippen LogP contribution in [0.5, 0.6) is 0 Å². The van der Waals surface area contributed by atoms with Crippen molar-refractivity contribution in [2.24, 2.45) is 5.92 Å². The van der Waals surface area contributed by atoms with Crippen LogP contribution in [0.15, 0.2) is 24.5 Å². The highest BCUT2D eigenvalue weighted by Crippen LogP contribution is 2.11. The number of carbonyl (C=O) groups is 2. The lowest BCUT2D eigenvalue weighted by molar-refractivity contribution is -0.146. The van der Waals surface area contributed by atoms with E-state index in [0.29, 0.717) is 13.0 Å². The lowest BCUT2D eigenvalue weighted by atomic mass is 10.1. The van der Waals surface area contributed by atoms with E-state index in [1.54, 1.807) is 6.33 Å². The number of imidazole rings is 1. The minimum absolute atomic E-state index is 0.413. The van der Waals surface area contributed by atoms with E-state index in [9.17, 15) is 9.59 Å². The van der Waals surface area contributed by atoms with Crippen LogP contribution < -0.4 is 5.32 Å². The SMILES string of the molecule is CC(C(=O)O)C(=O)NCCc1ccc2nc[nH]c2c1. The Bertz CT molecular complexity index is 606. The van der Waals surface area contributed by atoms with Crippen LogP contribution in [-0.2, 0) is 16.0 Å². The van der Waals surface area contributed by atoms with Crippen LogP contribution in [-0.4, -0.2) is 33.5 Å². The number of nitrogens with zero attached hydrogens (tertiary/aromatic N) is 1. The third kappa shape index (κ3) is 3.09. The molecule has 3 N–H and O–H groups in total. The number of fused-ring (bicyclic) bond motifs is 1. The van der Waals surface area contributed by atoms with Gasteiger partial charge in [0.25, 0.3) is 0 Å². The van der Waals surface area contributed by atoms with Gasteiger partial charge in [0, 0.05) is 6.54 Å². The number of nitrogens with one attached hydrogen (secondary N) is 2. The molecule has 2 aromatic rings. The maximum atomic E-state index is 11.4. The highest BCUT2D eigenvalue weighted by Gasteiger charge is 2.19. The number of aromatic amines is 1. The van der Waals surface area contributed by atoms with Crippen molar-refractivity contribution in [2.75, 3.05) is 6.54 Å². The molecule has 1 aromatic heterocycles. The average molecular weight is 261 g/mol. The Balaban J connectivity index is 1.88. The lowest BCUT2D eigenvalue weighted by Crippen LogP contribution is -2.34. The molecule has 100 valence electrons. The molecule has 2 rings (SSSR count). The number of carbonyl (C=O) groups excluding carboxylic acids is 1. The smallest absolute Gasteiger partial charge is 0.315 e. The molecule has 1 atom stereocenters. The second-order valence-corrected chi connectivity index (χ2v) is 4.35. The zero-order chi connectivity index (χ0) is 13.8. The summed E-state index contributed by atoms with van der Waals surface area (Å²) in [6, 6.07) is 5.81. The van der Waals surface area contributed by atoms with E-state index in [2.05, 4.69) is 15.3 Å². The zero-order valence-electron chi connectivity index (χ0n) is 10.5. The van der Waals surface area contributed by atoms with Crippen LogP contribution in [0.1, 0.15) is 12.5 Å². The second-order valence-electron chi connectivity index (χ2n) is 4.35. The van der Waals surface area contributed by atoms with Gasteiger partial charge in [0.05, 0.1) is 17.4 Å². The Morgan fingerprint density at radius 2 is 2.26 bits per heavy atom. The summed E-state index contributed by atoms with van der Waals surface area (Å²) in [6.07, 6.45) is 2.28. The Morgan fingerprint density at radius 3 is 3.00 bits per heavy atom. The van der Waals surface area contributed by atoms with Crippen molar-refractivity contribution in [3.63, 3.8) is 0 Å². The molecule has 1 heterocycles. The molecule has 0 aliphatic rings. The van der Waals surface area contributed by atoms with E-state index in [0.717, 1.165) is 16.6 Å². The van der Waals surface area contributed by atoms with Crippen LogP contribution in [0, 0.1) is 5.92 Å². The first-order valence-electron chi connectivity index (χ1n) is 6.00. The largest absolute Gasteiger partial charge is 0.481 e. The summed E-state index contributed by atoms with van der Waals surface area (Å²) in [6.45, 7) is 1.78. The molecule has 0 aliphatic heterocycles. The summed E-state index contributed by atoms with van der Waals surface area (Å²) >= 11 is 0. The van der Waals surface area contributed by atoms with Crippen molar-refractivity contribution in [2.45, 2.75) is 13.3 Å². The molecule has 0 saturated carbocycles. The minimum Gasteiger partial charge on any atom is -0.481 e. The number of amides is 1. The standard InChI is InChI=1S/C13H15N3O3/c1-8(13(18)19)12(17)14-5-4-9-2-3-10-11(6-9)16-7-15-10/h2-3,6-8H,4-5H2,1H3,(H,14,17)(H,15,16)(H,18,19). The van der Waals surface area contributed by atoms with E-state index < -0.39 is 17.8 Å². The zero-order valence-corrected chi connectivity index (χ0v) is 10.5. The molecule has 0 aliphatic carbocycles. The van der Waals surface area contributed by atoms with E-state index >= 15 is 0 Å². The first-order chi connectivity index (χ1) is 9.08. The number of aliphatic carboxylic acids is 1. The van der Waals surface area contributed by atoms with Crippen molar-refractivity contribution < 1.29 is 14.7 Å². The van der Waals surface area contributed by atoms with Gasteiger partial charge in [-0.3, -0.25) is 9.59 Å². The first-order valence-corrected chi connectivity index (χ1v) is 6.00. The van der Waals surface area contributed by atoms with E-state index in [4.69, 9.17) is 5.11 Å². The summed E-state index contributed by atoms with van der Waals surface area (Å²) in [5.74, 6) is -2.60. The van der Waals surface area contributed by atoms with Crippen molar-refractivity contribution in [3.8, 4) is 0 Å². The fraction of sp³-hybridized carbons (Fsp3) is 0.308. The molecule has 1 amide bonds. The molecule has 0 bridgehead atoms. The number of benzene rings is 1. The number of carboxylic acids is 1. The highest BCUT2D eigenvalue weighted by atomic mass is 16.4. The quantitative estimate of drug-likeness (QED) is 0.698. The van der Waals surface area contributed by atoms with Gasteiger partial charge in [-0.25, -0.2) is 4.98 Å². The van der Waals surface area contributed by atoms with Crippen LogP contribution in [0.25, 0.3) is 11.0 Å². The molecule has 1 aromatic carbocycles. The Hall–Kier alpha value is -2.37. The Morgan fingerprint density at radius 1 is 1.47 bits per heavy atom. The van der Waals surface area contributed by atoms with Crippen LogP contribution in [0.2, 0.25) is 0 Å². The molecule has 0 fully saturated rings. The average Bonchev–Trinajstić information content (AvgIpc) is 2.84. The molecule has 6 nitrogen and oxygen atoms in total. The van der Waals surface area contributed by atoms with Gasteiger partial charge in [0.1, 0.15) is 5.92 Å². The molecule has 0 spiro atoms. The van der Waals surface area contributed by atoms with Gasteiger partial charge < -0.3 is 15.4 Å². The number of hydrogen-bond donors (Lipinski definition) is 3. The molecule has 19 heavy (non-hydrogen) atoms. The predicted molar refractivity (Wildman–Crippen MR) is 69.6 cm³/mol. The number of rotatable bonds is 5. The van der Waals surface area contributed by atoms with Gasteiger partial charge in [-0.05, 0) is 31.0 Å². The Kier molecular flexibility index (Phi) is 3.79. The van der Waals surface area contributed by atoms with Crippen molar-refractivity contribution >= 4 is 22.9 Å². The number of hydrogen-bond acceptors (Lipinski definition) is 3. The minimum atomic E-state index is -1.11. The molecular formula is C13H15N3O3. The highest BCUT2D eigenvalue weighted by molar-refractivity contribution is 5.96. The lowest BCUT2D eigenvalue weighted by Gasteiger charge is -2.08. The van der Waals surface area contributed by atoms with Crippen molar-refractivity contribution in [1.82, 2.24) is 15.3 Å². The van der Waals surface area contributed by atoms with Gasteiger partial charge in [-0.15, -0.1) is 0 Å². The van der Waals surface area contributed by atoms with Gasteiger partial charge in [0.15, 0.2) is 0 Å². The summed E-state index contributed by atoms with van der Waals surface area (Å²) < 4.78 is 0. The monoisotopic (exact) mass is 261 g/mol. The fourth-order valence-electron chi connectivity index (χ4n) is 1.73. The molecule has 0 radical (unpaired) electrons. The number of aromatic nitrogens is 2. The third-order valence-corrected chi connectivity index (χ3v) is 2.96. The molecule has 6 heteroatoms. The third-order valence-electron chi connectivity index (χ3n) is 2.96. The summed E-state index contributed by atoms with van der Waals surface area (Å²) in [5, 5.41) is 11.3. The maximum Gasteiger partial charge on any atom is 0.315 e. The molecule has 0 saturated heterocycles. The van der Waals surface area contributed by atoms with Crippen LogP contribution >= 0.6 is 0 Å². The number of H-pyrrole nitrogens is 1. The van der Waals surface area contributed by atoms with E-state index in [1.165, 1.54) is 6.92 Å². The van der Waals surface area contributed by atoms with Crippen LogP contribution in [0.3, 0.4) is 0 Å². The van der Waals surface area contributed by atoms with Crippen molar-refractivity contribution in [3.05, 3.63) is 30.1 Å². The number of carboxylic acid groups (broad SMARTS) is 1. The van der Waals surface area contributed by atoms with Gasteiger partial charge in [0.2, 0.25) is 5.91 Å². The first kappa shape index (κ1) is 13.1. The van der Waals surface area contributed by atoms with Crippen LogP contribution in [0.4, 0.5) is 0 Å². The predicted octanol–water partition coefficient (Wildman–Crippen LogP) is 0.942. The summed E-state index contributed by atoms with van der Waals surface area (Å²) in [4.78, 5) is 29.2. The summed E-state index contributed by atoms with van der Waals surface area (Å²) in [5.41, 5.74) is 2.90. The van der Waals surface area contributed by atoms with Gasteiger partial charge >= 0.3 is 5.97 Å². The fourth-order valence-corrected chi connectivity index (χ4v) is 1.73. The van der Waals surface area contributed by atoms with Crippen molar-refractivity contribution in [1.29, 1.82) is 0 Å². The second kappa shape index (κ2) is 5.51. The summed E-state index contributed by atoms with van der Waals surface area (Å²) in [7, 11) is 0. The topological polar surface area (TPSA) is 95.1 Å². The molecular weight excluding hydrogens is 246 g/mol. The maximum absolute atomic E-state index is 11.4. The normalized spacial score (nSPS) is 12.3. The molecule has 1 unspecified atom stereocenters. The van der Waals surface area contributed by atoms with Gasteiger partial charge in [-0.1, -0.05) is 6.07 Å². The van der Waals surface area contributed by atoms with Gasteiger partial charge in [-0.2, -0.15) is 0 Å².